The molecule has 1 N–H and O–H groups in total. The average Bonchev–Trinajstić information content (AvgIpc) is 3.34. The molecule has 2 amide bonds. The van der Waals surface area contributed by atoms with Gasteiger partial charge in [-0.05, 0) is 23.6 Å². The number of esters is 1. The molecule has 9 heteroatoms. The third-order valence-corrected chi connectivity index (χ3v) is 6.65. The minimum absolute atomic E-state index is 0.133. The highest BCUT2D eigenvalue weighted by atomic mass is 32.2. The lowest BCUT2D eigenvalue weighted by Gasteiger charge is -2.28. The molecule has 1 fully saturated rings. The van der Waals surface area contributed by atoms with Gasteiger partial charge in [-0.1, -0.05) is 23.9 Å². The molecule has 27 heavy (non-hydrogen) atoms. The van der Waals surface area contributed by atoms with Crippen molar-refractivity contribution in [1.82, 2.24) is 0 Å². The number of ether oxygens (including phenoxy) is 1. The van der Waals surface area contributed by atoms with Gasteiger partial charge < -0.3 is 10.1 Å². The number of carbonyl (C=O) groups is 3. The van der Waals surface area contributed by atoms with E-state index in [1.807, 2.05) is 24.3 Å². The Morgan fingerprint density at radius 3 is 2.96 bits per heavy atom. The van der Waals surface area contributed by atoms with Crippen LogP contribution in [0.5, 0.6) is 0 Å². The third-order valence-electron chi connectivity index (χ3n) is 4.37. The lowest BCUT2D eigenvalue weighted by molar-refractivity contribution is -0.149. The molecule has 0 bridgehead atoms. The summed E-state index contributed by atoms with van der Waals surface area (Å²) in [6.45, 7) is -0.484. The SMILES string of the molecule is N#Cc1ccsc1NC(=O)COC(=O)[C@@]12CCC(=O)N1c1ccccc1S2. The average molecular weight is 399 g/mol. The quantitative estimate of drug-likeness (QED) is 0.794. The van der Waals surface area contributed by atoms with Gasteiger partial charge in [0.2, 0.25) is 5.91 Å². The van der Waals surface area contributed by atoms with Gasteiger partial charge in [0.1, 0.15) is 11.1 Å². The fraction of sp³-hybridized carbons (Fsp3) is 0.222. The minimum atomic E-state index is -1.15. The molecule has 4 rings (SSSR count). The number of para-hydroxylation sites is 1. The highest BCUT2D eigenvalue weighted by molar-refractivity contribution is 8.02. The van der Waals surface area contributed by atoms with Crippen molar-refractivity contribution in [1.29, 1.82) is 5.26 Å². The molecule has 2 aliphatic heterocycles. The molecule has 136 valence electrons. The van der Waals surface area contributed by atoms with Crippen LogP contribution in [0.15, 0.2) is 40.6 Å². The second kappa shape index (κ2) is 6.72. The van der Waals surface area contributed by atoms with E-state index in [0.29, 0.717) is 22.7 Å². The number of nitrogens with zero attached hydrogens (tertiary/aromatic N) is 2. The van der Waals surface area contributed by atoms with Crippen LogP contribution < -0.4 is 10.2 Å². The Morgan fingerprint density at radius 1 is 1.33 bits per heavy atom. The highest BCUT2D eigenvalue weighted by Gasteiger charge is 2.58. The molecule has 1 aromatic carbocycles. The van der Waals surface area contributed by atoms with E-state index in [-0.39, 0.29) is 12.3 Å². The molecule has 0 unspecified atom stereocenters. The predicted octanol–water partition coefficient (Wildman–Crippen LogP) is 2.73. The van der Waals surface area contributed by atoms with Crippen LogP contribution in [0.3, 0.4) is 0 Å². The number of hydrogen-bond acceptors (Lipinski definition) is 7. The summed E-state index contributed by atoms with van der Waals surface area (Å²) >= 11 is 2.50. The first-order valence-corrected chi connectivity index (χ1v) is 9.80. The van der Waals surface area contributed by atoms with E-state index in [1.165, 1.54) is 28.0 Å². The summed E-state index contributed by atoms with van der Waals surface area (Å²) in [5, 5.41) is 13.6. The van der Waals surface area contributed by atoms with E-state index in [2.05, 4.69) is 5.32 Å². The van der Waals surface area contributed by atoms with Crippen LogP contribution >= 0.6 is 23.1 Å². The smallest absolute Gasteiger partial charge is 0.344 e. The third kappa shape index (κ3) is 2.87. The van der Waals surface area contributed by atoms with Crippen molar-refractivity contribution in [2.75, 3.05) is 16.8 Å². The van der Waals surface area contributed by atoms with Gasteiger partial charge in [0, 0.05) is 17.7 Å². The van der Waals surface area contributed by atoms with E-state index < -0.39 is 23.4 Å². The largest absolute Gasteiger partial charge is 0.453 e. The van der Waals surface area contributed by atoms with Crippen molar-refractivity contribution < 1.29 is 19.1 Å². The molecular formula is C18H13N3O4S2. The number of anilines is 2. The monoisotopic (exact) mass is 399 g/mol. The van der Waals surface area contributed by atoms with Crippen LogP contribution in [-0.2, 0) is 19.1 Å². The minimum Gasteiger partial charge on any atom is -0.453 e. The fourth-order valence-corrected chi connectivity index (χ4v) is 5.34. The van der Waals surface area contributed by atoms with Crippen molar-refractivity contribution in [3.8, 4) is 6.07 Å². The Morgan fingerprint density at radius 2 is 2.15 bits per heavy atom. The molecule has 0 spiro atoms. The number of fused-ring (bicyclic) bond motifs is 3. The number of benzene rings is 1. The number of rotatable bonds is 4. The van der Waals surface area contributed by atoms with E-state index in [1.54, 1.807) is 17.5 Å². The lowest BCUT2D eigenvalue weighted by atomic mass is 10.2. The molecule has 2 aromatic rings. The number of hydrogen-bond donors (Lipinski definition) is 1. The summed E-state index contributed by atoms with van der Waals surface area (Å²) in [4.78, 5) is 38.4. The van der Waals surface area contributed by atoms with Crippen LogP contribution in [0, 0.1) is 11.3 Å². The van der Waals surface area contributed by atoms with Gasteiger partial charge in [-0.15, -0.1) is 11.3 Å². The molecular weight excluding hydrogens is 386 g/mol. The molecule has 3 heterocycles. The Bertz CT molecular complexity index is 996. The zero-order valence-corrected chi connectivity index (χ0v) is 15.6. The summed E-state index contributed by atoms with van der Waals surface area (Å²) in [6, 6.07) is 10.9. The molecule has 0 radical (unpaired) electrons. The number of thioether (sulfide) groups is 1. The van der Waals surface area contributed by atoms with Crippen LogP contribution in [-0.4, -0.2) is 29.3 Å². The topological polar surface area (TPSA) is 99.5 Å². The number of amides is 2. The van der Waals surface area contributed by atoms with E-state index in [4.69, 9.17) is 10.00 Å². The summed E-state index contributed by atoms with van der Waals surface area (Å²) in [6.07, 6.45) is 0.582. The van der Waals surface area contributed by atoms with Crippen LogP contribution in [0.2, 0.25) is 0 Å². The van der Waals surface area contributed by atoms with E-state index in [9.17, 15) is 14.4 Å². The summed E-state index contributed by atoms with van der Waals surface area (Å²) in [7, 11) is 0. The van der Waals surface area contributed by atoms with Crippen molar-refractivity contribution in [2.45, 2.75) is 22.6 Å². The van der Waals surface area contributed by atoms with E-state index in [0.717, 1.165) is 4.90 Å². The van der Waals surface area contributed by atoms with E-state index >= 15 is 0 Å². The maximum atomic E-state index is 12.8. The first-order valence-electron chi connectivity index (χ1n) is 8.11. The normalized spacial score (nSPS) is 20.0. The summed E-state index contributed by atoms with van der Waals surface area (Å²) in [5.41, 5.74) is 1.05. The Labute approximate surface area is 162 Å². The number of thiophene rings is 1. The van der Waals surface area contributed by atoms with Crippen molar-refractivity contribution in [3.63, 3.8) is 0 Å². The summed E-state index contributed by atoms with van der Waals surface area (Å²) in [5.74, 6) is -1.28. The molecule has 1 aromatic heterocycles. The lowest BCUT2D eigenvalue weighted by Crippen LogP contribution is -2.48. The first-order chi connectivity index (χ1) is 13.0. The zero-order valence-electron chi connectivity index (χ0n) is 13.9. The van der Waals surface area contributed by atoms with Crippen LogP contribution in [0.1, 0.15) is 18.4 Å². The second-order valence-corrected chi connectivity index (χ2v) is 8.22. The first kappa shape index (κ1) is 17.6. The van der Waals surface area contributed by atoms with Gasteiger partial charge in [0.05, 0.1) is 11.3 Å². The highest BCUT2D eigenvalue weighted by Crippen LogP contribution is 2.56. The van der Waals surface area contributed by atoms with Gasteiger partial charge in [-0.25, -0.2) is 4.79 Å². The van der Waals surface area contributed by atoms with Crippen molar-refractivity contribution in [2.24, 2.45) is 0 Å². The number of nitrogens with one attached hydrogen (secondary N) is 1. The second-order valence-electron chi connectivity index (χ2n) is 5.98. The maximum absolute atomic E-state index is 12.8. The summed E-state index contributed by atoms with van der Waals surface area (Å²) < 4.78 is 5.25. The Balaban J connectivity index is 1.46. The standard InChI is InChI=1S/C18H13N3O4S2/c19-9-11-6-8-26-16(11)20-14(22)10-25-17(24)18-7-5-15(23)21(18)12-3-1-2-4-13(12)27-18/h1-4,6,8H,5,7,10H2,(H,20,22)/t18-/m0/s1. The fourth-order valence-electron chi connectivity index (χ4n) is 3.17. The van der Waals surface area contributed by atoms with Crippen molar-refractivity contribution >= 4 is 51.6 Å². The molecule has 1 atom stereocenters. The molecule has 2 aliphatic rings. The van der Waals surface area contributed by atoms with Crippen LogP contribution in [0.4, 0.5) is 10.7 Å². The van der Waals surface area contributed by atoms with Gasteiger partial charge in [-0.2, -0.15) is 5.26 Å². The molecule has 0 saturated carbocycles. The van der Waals surface area contributed by atoms with Crippen LogP contribution in [0.25, 0.3) is 0 Å². The molecule has 1 saturated heterocycles. The molecule has 0 aliphatic carbocycles. The van der Waals surface area contributed by atoms with Gasteiger partial charge >= 0.3 is 5.97 Å². The van der Waals surface area contributed by atoms with Gasteiger partial charge in [0.25, 0.3) is 5.91 Å². The number of nitriles is 1. The molecule has 7 nitrogen and oxygen atoms in total. The van der Waals surface area contributed by atoms with Crippen molar-refractivity contribution in [3.05, 3.63) is 41.3 Å². The Hall–Kier alpha value is -2.83. The zero-order chi connectivity index (χ0) is 19.0. The number of carbonyl (C=O) groups excluding carboxylic acids is 3. The van der Waals surface area contributed by atoms with Gasteiger partial charge in [0.15, 0.2) is 11.5 Å². The van der Waals surface area contributed by atoms with Gasteiger partial charge in [-0.3, -0.25) is 14.5 Å². The predicted molar refractivity (Wildman–Crippen MR) is 100 cm³/mol. The Kier molecular flexibility index (Phi) is 4.37. The maximum Gasteiger partial charge on any atom is 0.344 e.